The zero-order valence-electron chi connectivity index (χ0n) is 32.7. The van der Waals surface area contributed by atoms with Gasteiger partial charge in [-0.15, -0.1) is 0 Å². The molecule has 7 nitrogen and oxygen atoms in total. The summed E-state index contributed by atoms with van der Waals surface area (Å²) in [4.78, 5) is 4.94. The molecule has 280 valence electrons. The minimum atomic E-state index is -2.65. The Morgan fingerprint density at radius 1 is 0.569 bits per heavy atom. The molecule has 0 radical (unpaired) electrons. The van der Waals surface area contributed by atoms with E-state index in [1.165, 1.54) is 40.0 Å². The molecule has 0 spiro atoms. The van der Waals surface area contributed by atoms with Crippen LogP contribution in [0.3, 0.4) is 0 Å². The van der Waals surface area contributed by atoms with E-state index >= 15 is 0 Å². The van der Waals surface area contributed by atoms with Gasteiger partial charge in [0.2, 0.25) is 0 Å². The van der Waals surface area contributed by atoms with Crippen molar-refractivity contribution in [2.24, 2.45) is 0 Å². The van der Waals surface area contributed by atoms with Crippen LogP contribution in [0.15, 0.2) is 72.8 Å². The first-order valence-corrected chi connectivity index (χ1v) is 21.5. The summed E-state index contributed by atoms with van der Waals surface area (Å²) in [5, 5.41) is 0. The Morgan fingerprint density at radius 2 is 0.922 bits per heavy atom. The summed E-state index contributed by atoms with van der Waals surface area (Å²) in [7, 11) is -2.65. The van der Waals surface area contributed by atoms with Crippen molar-refractivity contribution in [3.63, 3.8) is 0 Å². The molecule has 0 bridgehead atoms. The third-order valence-corrected chi connectivity index (χ3v) is 13.8. The molecule has 2 atom stereocenters. The van der Waals surface area contributed by atoms with Gasteiger partial charge in [0.25, 0.3) is 0 Å². The number of anilines is 2. The van der Waals surface area contributed by atoms with Gasteiger partial charge in [0.05, 0.1) is 25.4 Å². The predicted octanol–water partition coefficient (Wildman–Crippen LogP) is 8.99. The Hall–Kier alpha value is -2.72. The van der Waals surface area contributed by atoms with Crippen molar-refractivity contribution in [1.29, 1.82) is 0 Å². The maximum absolute atomic E-state index is 6.13. The van der Waals surface area contributed by atoms with Crippen molar-refractivity contribution in [3.05, 3.63) is 95.1 Å². The minimum absolute atomic E-state index is 0.120. The van der Waals surface area contributed by atoms with Crippen molar-refractivity contribution < 1.29 is 22.8 Å². The van der Waals surface area contributed by atoms with Crippen LogP contribution in [-0.4, -0.2) is 80.2 Å². The van der Waals surface area contributed by atoms with Gasteiger partial charge in [-0.2, -0.15) is 0 Å². The number of rotatable bonds is 23. The number of hydrogen-bond acceptors (Lipinski definition) is 7. The van der Waals surface area contributed by atoms with Crippen LogP contribution in [0.2, 0.25) is 6.04 Å². The Kier molecular flexibility index (Phi) is 13.8. The lowest BCUT2D eigenvalue weighted by Crippen LogP contribution is -2.46. The zero-order valence-corrected chi connectivity index (χ0v) is 33.7. The molecular formula is C43H64N2O5Si. The molecule has 2 fully saturated rings. The first-order valence-electron chi connectivity index (χ1n) is 19.5. The third kappa shape index (κ3) is 10.5. The number of nitrogens with zero attached hydrogens (tertiary/aromatic N) is 2. The van der Waals surface area contributed by atoms with Gasteiger partial charge in [-0.25, -0.2) is 0 Å². The monoisotopic (exact) mass is 716 g/mol. The Balaban J connectivity index is 1.24. The fourth-order valence-electron chi connectivity index (χ4n) is 7.15. The second-order valence-electron chi connectivity index (χ2n) is 15.2. The van der Waals surface area contributed by atoms with Crippen molar-refractivity contribution in [2.45, 2.75) is 104 Å². The molecule has 0 aliphatic carbocycles. The molecule has 2 unspecified atom stereocenters. The summed E-state index contributed by atoms with van der Waals surface area (Å²) in [5.41, 5.74) is 7.53. The average Bonchev–Trinajstić information content (AvgIpc) is 4.08. The second kappa shape index (κ2) is 17.9. The average molecular weight is 717 g/mol. The standard InChI is InChI=1S/C43H64N2O5Si/c1-9-13-27-44(28-14-29-51(48-10-2,49-11-3)50-12-4)38-23-19-36(20-24-38)42(5,6)34-15-17-35(18-16-34)43(7,8)37-21-25-39(26-22-37)45(30-40-32-46-40)31-41-33-47-41/h15-26,40-41H,9-14,27-33H2,1-8H3. The van der Waals surface area contributed by atoms with Crippen LogP contribution in [-0.2, 0) is 33.6 Å². The van der Waals surface area contributed by atoms with Gasteiger partial charge >= 0.3 is 8.80 Å². The fraction of sp³-hybridized carbons (Fsp3) is 0.581. The third-order valence-electron chi connectivity index (χ3n) is 10.7. The van der Waals surface area contributed by atoms with Gasteiger partial charge < -0.3 is 32.6 Å². The summed E-state index contributed by atoms with van der Waals surface area (Å²) >= 11 is 0. The normalized spacial score (nSPS) is 17.4. The number of ether oxygens (including phenoxy) is 2. The van der Waals surface area contributed by atoms with Crippen molar-refractivity contribution in [3.8, 4) is 0 Å². The van der Waals surface area contributed by atoms with Gasteiger partial charge in [-0.05, 0) is 80.1 Å². The Bertz CT molecular complexity index is 1440. The van der Waals surface area contributed by atoms with E-state index in [0.29, 0.717) is 32.0 Å². The van der Waals surface area contributed by atoms with Crippen LogP contribution in [0.25, 0.3) is 0 Å². The molecule has 0 N–H and O–H groups in total. The quantitative estimate of drug-likeness (QED) is 0.0718. The van der Waals surface area contributed by atoms with Crippen LogP contribution in [0.5, 0.6) is 0 Å². The highest BCUT2D eigenvalue weighted by Gasteiger charge is 2.40. The summed E-state index contributed by atoms with van der Waals surface area (Å²) in [6.45, 7) is 25.1. The summed E-state index contributed by atoms with van der Waals surface area (Å²) < 4.78 is 29.4. The number of benzene rings is 3. The lowest BCUT2D eigenvalue weighted by atomic mass is 9.74. The topological polar surface area (TPSA) is 59.2 Å². The first-order chi connectivity index (χ1) is 24.5. The molecule has 2 heterocycles. The SMILES string of the molecule is CCCCN(CCC[Si](OCC)(OCC)OCC)c1ccc(C(C)(C)c2ccc(C(C)(C)c3ccc(N(CC4CO4)CC4CO4)cc3)cc2)cc1. The van der Waals surface area contributed by atoms with Gasteiger partial charge in [0.1, 0.15) is 0 Å². The molecule has 2 saturated heterocycles. The van der Waals surface area contributed by atoms with E-state index in [1.807, 2.05) is 20.8 Å². The summed E-state index contributed by atoms with van der Waals surface area (Å²) in [6.07, 6.45) is 4.01. The molecule has 5 rings (SSSR count). The van der Waals surface area contributed by atoms with Gasteiger partial charge in [0, 0.05) is 74.2 Å². The van der Waals surface area contributed by atoms with E-state index in [2.05, 4.69) is 117 Å². The highest BCUT2D eigenvalue weighted by Crippen LogP contribution is 2.37. The zero-order chi connectivity index (χ0) is 36.5. The lowest BCUT2D eigenvalue weighted by molar-refractivity contribution is 0.0709. The van der Waals surface area contributed by atoms with Gasteiger partial charge in [-0.1, -0.05) is 89.6 Å². The van der Waals surface area contributed by atoms with E-state index in [-0.39, 0.29) is 10.8 Å². The van der Waals surface area contributed by atoms with E-state index in [9.17, 15) is 0 Å². The molecule has 3 aromatic rings. The van der Waals surface area contributed by atoms with E-state index in [0.717, 1.165) is 58.3 Å². The van der Waals surface area contributed by atoms with Gasteiger partial charge in [0.15, 0.2) is 0 Å². The molecule has 0 aromatic heterocycles. The molecular weight excluding hydrogens is 653 g/mol. The number of epoxide rings is 2. The Labute approximate surface area is 309 Å². The maximum Gasteiger partial charge on any atom is 0.500 e. The van der Waals surface area contributed by atoms with E-state index < -0.39 is 8.80 Å². The van der Waals surface area contributed by atoms with E-state index in [4.69, 9.17) is 22.8 Å². The van der Waals surface area contributed by atoms with Crippen LogP contribution in [0.1, 0.15) is 96.9 Å². The highest BCUT2D eigenvalue weighted by molar-refractivity contribution is 6.60. The van der Waals surface area contributed by atoms with Gasteiger partial charge in [-0.3, -0.25) is 0 Å². The van der Waals surface area contributed by atoms with Crippen molar-refractivity contribution in [1.82, 2.24) is 0 Å². The highest BCUT2D eigenvalue weighted by atomic mass is 28.4. The minimum Gasteiger partial charge on any atom is -0.374 e. The Morgan fingerprint density at radius 3 is 1.27 bits per heavy atom. The van der Waals surface area contributed by atoms with Crippen LogP contribution < -0.4 is 9.80 Å². The molecule has 0 saturated carbocycles. The van der Waals surface area contributed by atoms with Crippen LogP contribution in [0.4, 0.5) is 11.4 Å². The molecule has 3 aromatic carbocycles. The predicted molar refractivity (Wildman–Crippen MR) is 212 cm³/mol. The second-order valence-corrected chi connectivity index (χ2v) is 17.9. The number of hydrogen-bond donors (Lipinski definition) is 0. The summed E-state index contributed by atoms with van der Waals surface area (Å²) in [5.74, 6) is 0. The molecule has 51 heavy (non-hydrogen) atoms. The molecule has 0 amide bonds. The fourth-order valence-corrected chi connectivity index (χ4v) is 9.74. The smallest absolute Gasteiger partial charge is 0.374 e. The van der Waals surface area contributed by atoms with Crippen molar-refractivity contribution >= 4 is 20.2 Å². The molecule has 8 heteroatoms. The van der Waals surface area contributed by atoms with E-state index in [1.54, 1.807) is 0 Å². The van der Waals surface area contributed by atoms with Crippen LogP contribution >= 0.6 is 0 Å². The molecule has 2 aliphatic heterocycles. The largest absolute Gasteiger partial charge is 0.500 e. The van der Waals surface area contributed by atoms with Crippen molar-refractivity contribution in [2.75, 3.05) is 69.0 Å². The lowest BCUT2D eigenvalue weighted by Gasteiger charge is -2.31. The summed E-state index contributed by atoms with van der Waals surface area (Å²) in [6, 6.07) is 28.5. The van der Waals surface area contributed by atoms with Crippen LogP contribution in [0, 0.1) is 0 Å². The first kappa shape index (κ1) is 39.5. The maximum atomic E-state index is 6.13. The number of unbranched alkanes of at least 4 members (excludes halogenated alkanes) is 1. The molecule has 2 aliphatic rings.